The molecule has 0 aliphatic heterocycles. The van der Waals surface area contributed by atoms with E-state index in [0.717, 1.165) is 12.4 Å². The Morgan fingerprint density at radius 2 is 1.93 bits per heavy atom. The molecule has 0 unspecified atom stereocenters. The molecular formula is C11H19N3. The van der Waals surface area contributed by atoms with Crippen LogP contribution in [0.4, 0.5) is 0 Å². The van der Waals surface area contributed by atoms with Gasteiger partial charge in [-0.15, -0.1) is 0 Å². The van der Waals surface area contributed by atoms with Gasteiger partial charge in [-0.05, 0) is 26.3 Å². The second-order valence-corrected chi connectivity index (χ2v) is 4.15. The molecule has 1 aromatic heterocycles. The lowest BCUT2D eigenvalue weighted by molar-refractivity contribution is 0.352. The van der Waals surface area contributed by atoms with E-state index in [2.05, 4.69) is 36.1 Å². The number of nitrogens with one attached hydrogen (secondary N) is 1. The van der Waals surface area contributed by atoms with Crippen LogP contribution in [0.15, 0.2) is 18.5 Å². The zero-order valence-electron chi connectivity index (χ0n) is 9.25. The van der Waals surface area contributed by atoms with Crippen molar-refractivity contribution in [2.75, 3.05) is 0 Å². The van der Waals surface area contributed by atoms with Crippen LogP contribution in [0.2, 0.25) is 0 Å². The monoisotopic (exact) mass is 193 g/mol. The topological polar surface area (TPSA) is 37.8 Å². The highest BCUT2D eigenvalue weighted by Gasteiger charge is 2.15. The van der Waals surface area contributed by atoms with Crippen LogP contribution in [0, 0.1) is 0 Å². The fourth-order valence-corrected chi connectivity index (χ4v) is 1.45. The Morgan fingerprint density at radius 1 is 1.29 bits per heavy atom. The first-order valence-electron chi connectivity index (χ1n) is 5.15. The molecule has 0 amide bonds. The first kappa shape index (κ1) is 11.1. The number of nitrogens with zero attached hydrogens (tertiary/aromatic N) is 2. The van der Waals surface area contributed by atoms with Gasteiger partial charge in [-0.2, -0.15) is 0 Å². The van der Waals surface area contributed by atoms with Crippen molar-refractivity contribution in [3.8, 4) is 0 Å². The number of hydrogen-bond donors (Lipinski definition) is 1. The summed E-state index contributed by atoms with van der Waals surface area (Å²) in [6.45, 7) is 7.36. The van der Waals surface area contributed by atoms with Crippen LogP contribution in [0.1, 0.15) is 39.4 Å². The van der Waals surface area contributed by atoms with Crippen LogP contribution < -0.4 is 5.32 Å². The predicted molar refractivity (Wildman–Crippen MR) is 57.9 cm³/mol. The van der Waals surface area contributed by atoms with E-state index in [1.54, 1.807) is 12.4 Å². The van der Waals surface area contributed by atoms with Crippen molar-refractivity contribution in [2.45, 2.75) is 45.7 Å². The Morgan fingerprint density at radius 3 is 2.50 bits per heavy atom. The van der Waals surface area contributed by atoms with Gasteiger partial charge in [-0.3, -0.25) is 0 Å². The molecule has 0 aliphatic carbocycles. The summed E-state index contributed by atoms with van der Waals surface area (Å²) in [5, 5.41) is 3.45. The van der Waals surface area contributed by atoms with Crippen LogP contribution >= 0.6 is 0 Å². The van der Waals surface area contributed by atoms with Crippen LogP contribution in [-0.4, -0.2) is 15.5 Å². The molecule has 1 N–H and O–H groups in total. The normalized spacial score (nSPS) is 11.6. The highest BCUT2D eigenvalue weighted by atomic mass is 15.0. The summed E-state index contributed by atoms with van der Waals surface area (Å²) >= 11 is 0. The highest BCUT2D eigenvalue weighted by molar-refractivity contribution is 4.89. The van der Waals surface area contributed by atoms with E-state index in [9.17, 15) is 0 Å². The van der Waals surface area contributed by atoms with Gasteiger partial charge in [0.15, 0.2) is 0 Å². The van der Waals surface area contributed by atoms with Gasteiger partial charge >= 0.3 is 0 Å². The standard InChI is InChI=1S/C11H19N3/c1-4-6-11(2,3)14-9-10-12-7-5-8-13-10/h5,7-8,14H,4,6,9H2,1-3H3. The summed E-state index contributed by atoms with van der Waals surface area (Å²) in [5.74, 6) is 0.858. The highest BCUT2D eigenvalue weighted by Crippen LogP contribution is 2.10. The number of rotatable bonds is 5. The van der Waals surface area contributed by atoms with Gasteiger partial charge < -0.3 is 5.32 Å². The molecule has 3 heteroatoms. The largest absolute Gasteiger partial charge is 0.305 e. The maximum absolute atomic E-state index is 4.17. The lowest BCUT2D eigenvalue weighted by atomic mass is 9.99. The molecular weight excluding hydrogens is 174 g/mol. The summed E-state index contributed by atoms with van der Waals surface area (Å²) in [6, 6.07) is 1.83. The summed E-state index contributed by atoms with van der Waals surface area (Å²) in [7, 11) is 0. The van der Waals surface area contributed by atoms with E-state index in [4.69, 9.17) is 0 Å². The second kappa shape index (κ2) is 5.05. The van der Waals surface area contributed by atoms with Gasteiger partial charge in [0.05, 0.1) is 6.54 Å². The molecule has 14 heavy (non-hydrogen) atoms. The Labute approximate surface area is 86.0 Å². The fourth-order valence-electron chi connectivity index (χ4n) is 1.45. The Bertz CT molecular complexity index is 256. The van der Waals surface area contributed by atoms with Gasteiger partial charge in [-0.25, -0.2) is 9.97 Å². The minimum absolute atomic E-state index is 0.175. The second-order valence-electron chi connectivity index (χ2n) is 4.15. The van der Waals surface area contributed by atoms with Crippen LogP contribution in [-0.2, 0) is 6.54 Å². The Kier molecular flexibility index (Phi) is 4.01. The van der Waals surface area contributed by atoms with Gasteiger partial charge in [0, 0.05) is 17.9 Å². The summed E-state index contributed by atoms with van der Waals surface area (Å²) in [5.41, 5.74) is 0.175. The molecule has 0 radical (unpaired) electrons. The molecule has 78 valence electrons. The summed E-state index contributed by atoms with van der Waals surface area (Å²) in [4.78, 5) is 8.34. The molecule has 0 saturated heterocycles. The third-order valence-corrected chi connectivity index (χ3v) is 2.22. The van der Waals surface area contributed by atoms with Crippen molar-refractivity contribution in [1.29, 1.82) is 0 Å². The number of hydrogen-bond acceptors (Lipinski definition) is 3. The van der Waals surface area contributed by atoms with Gasteiger partial charge in [0.25, 0.3) is 0 Å². The fraction of sp³-hybridized carbons (Fsp3) is 0.636. The van der Waals surface area contributed by atoms with E-state index >= 15 is 0 Å². The summed E-state index contributed by atoms with van der Waals surface area (Å²) in [6.07, 6.45) is 5.91. The lowest BCUT2D eigenvalue weighted by Crippen LogP contribution is -2.38. The zero-order valence-corrected chi connectivity index (χ0v) is 9.25. The molecule has 1 rings (SSSR count). The van der Waals surface area contributed by atoms with Gasteiger partial charge in [0.1, 0.15) is 5.82 Å². The van der Waals surface area contributed by atoms with E-state index in [1.165, 1.54) is 12.8 Å². The van der Waals surface area contributed by atoms with Crippen molar-refractivity contribution in [3.63, 3.8) is 0 Å². The Hall–Kier alpha value is -0.960. The maximum Gasteiger partial charge on any atom is 0.141 e. The first-order chi connectivity index (χ1) is 6.64. The van der Waals surface area contributed by atoms with Crippen LogP contribution in [0.25, 0.3) is 0 Å². The van der Waals surface area contributed by atoms with E-state index < -0.39 is 0 Å². The number of aromatic nitrogens is 2. The molecule has 0 aliphatic rings. The van der Waals surface area contributed by atoms with Crippen LogP contribution in [0.3, 0.4) is 0 Å². The third-order valence-electron chi connectivity index (χ3n) is 2.22. The van der Waals surface area contributed by atoms with Crippen molar-refractivity contribution < 1.29 is 0 Å². The average Bonchev–Trinajstić information content (AvgIpc) is 2.17. The van der Waals surface area contributed by atoms with E-state index in [-0.39, 0.29) is 5.54 Å². The molecule has 0 saturated carbocycles. The minimum atomic E-state index is 0.175. The molecule has 0 spiro atoms. The SMILES string of the molecule is CCCC(C)(C)NCc1ncccn1. The van der Waals surface area contributed by atoms with Crippen LogP contribution in [0.5, 0.6) is 0 Å². The minimum Gasteiger partial charge on any atom is -0.305 e. The molecule has 0 atom stereocenters. The molecule has 1 heterocycles. The maximum atomic E-state index is 4.17. The molecule has 0 aromatic carbocycles. The zero-order chi connectivity index (χ0) is 10.4. The quantitative estimate of drug-likeness (QED) is 0.778. The third kappa shape index (κ3) is 3.83. The van der Waals surface area contributed by atoms with Crippen molar-refractivity contribution >= 4 is 0 Å². The molecule has 1 aromatic rings. The van der Waals surface area contributed by atoms with Gasteiger partial charge in [-0.1, -0.05) is 13.3 Å². The average molecular weight is 193 g/mol. The van der Waals surface area contributed by atoms with E-state index in [0.29, 0.717) is 0 Å². The predicted octanol–water partition coefficient (Wildman–Crippen LogP) is 2.14. The lowest BCUT2D eigenvalue weighted by Gasteiger charge is -2.25. The molecule has 0 fully saturated rings. The Balaban J connectivity index is 2.40. The van der Waals surface area contributed by atoms with Gasteiger partial charge in [0.2, 0.25) is 0 Å². The van der Waals surface area contributed by atoms with Crippen molar-refractivity contribution in [3.05, 3.63) is 24.3 Å². The van der Waals surface area contributed by atoms with Crippen molar-refractivity contribution in [2.24, 2.45) is 0 Å². The smallest absolute Gasteiger partial charge is 0.141 e. The van der Waals surface area contributed by atoms with E-state index in [1.807, 2.05) is 6.07 Å². The first-order valence-corrected chi connectivity index (χ1v) is 5.15. The molecule has 3 nitrogen and oxygen atoms in total. The summed E-state index contributed by atoms with van der Waals surface area (Å²) < 4.78 is 0. The molecule has 0 bridgehead atoms. The van der Waals surface area contributed by atoms with Crippen molar-refractivity contribution in [1.82, 2.24) is 15.3 Å².